The van der Waals surface area contributed by atoms with Gasteiger partial charge in [0.1, 0.15) is 0 Å². The number of rotatable bonds is 2. The number of carbonyl (C=O) groups is 3. The highest BCUT2D eigenvalue weighted by atomic mass is 16.5. The van der Waals surface area contributed by atoms with Crippen molar-refractivity contribution in [2.45, 2.75) is 38.1 Å². The summed E-state index contributed by atoms with van der Waals surface area (Å²) in [6.07, 6.45) is 3.04. The van der Waals surface area contributed by atoms with Crippen LogP contribution in [0.1, 0.15) is 32.6 Å². The van der Waals surface area contributed by atoms with Crippen molar-refractivity contribution in [2.24, 2.45) is 5.92 Å². The first-order valence-electron chi connectivity index (χ1n) is 5.99. The van der Waals surface area contributed by atoms with Crippen LogP contribution in [0.3, 0.4) is 0 Å². The van der Waals surface area contributed by atoms with E-state index in [1.807, 2.05) is 0 Å². The summed E-state index contributed by atoms with van der Waals surface area (Å²) in [5.41, 5.74) is -0.308. The topological polar surface area (TPSA) is 63.7 Å². The van der Waals surface area contributed by atoms with E-state index in [-0.39, 0.29) is 17.9 Å². The summed E-state index contributed by atoms with van der Waals surface area (Å²) in [5, 5.41) is 0. The van der Waals surface area contributed by atoms with Crippen LogP contribution in [0.25, 0.3) is 0 Å². The molecule has 1 heterocycles. The lowest BCUT2D eigenvalue weighted by Crippen LogP contribution is -2.63. The van der Waals surface area contributed by atoms with Crippen molar-refractivity contribution in [1.29, 1.82) is 0 Å². The number of ether oxygens (including phenoxy) is 1. The Bertz CT molecular complexity index is 373. The number of hydrogen-bond donors (Lipinski definition) is 0. The van der Waals surface area contributed by atoms with E-state index in [2.05, 4.69) is 0 Å². The largest absolute Gasteiger partial charge is 0.465 e. The van der Waals surface area contributed by atoms with Crippen LogP contribution >= 0.6 is 0 Å². The molecule has 0 N–H and O–H groups in total. The maximum Gasteiger partial charge on any atom is 0.326 e. The molecule has 1 aliphatic carbocycles. The molecule has 2 fully saturated rings. The fraction of sp³-hybridized carbons (Fsp3) is 0.750. The van der Waals surface area contributed by atoms with Crippen molar-refractivity contribution >= 4 is 17.7 Å². The second-order valence-corrected chi connectivity index (χ2v) is 4.80. The zero-order valence-electron chi connectivity index (χ0n) is 10.2. The molecular weight excluding hydrogens is 222 g/mol. The third kappa shape index (κ3) is 1.73. The van der Waals surface area contributed by atoms with Gasteiger partial charge in [0.25, 0.3) is 0 Å². The predicted octanol–water partition coefficient (Wildman–Crippen LogP) is 0.520. The van der Waals surface area contributed by atoms with E-state index in [0.717, 1.165) is 19.3 Å². The molecule has 5 nitrogen and oxygen atoms in total. The molecule has 1 spiro atoms. The minimum absolute atomic E-state index is 0.185. The molecule has 1 saturated heterocycles. The summed E-state index contributed by atoms with van der Waals surface area (Å²) < 4.78 is 4.78. The summed E-state index contributed by atoms with van der Waals surface area (Å²) in [6.45, 7) is 1.84. The van der Waals surface area contributed by atoms with Crippen LogP contribution < -0.4 is 0 Å². The van der Waals surface area contributed by atoms with Gasteiger partial charge >= 0.3 is 5.97 Å². The van der Waals surface area contributed by atoms with Gasteiger partial charge in [-0.2, -0.15) is 0 Å². The van der Waals surface area contributed by atoms with E-state index >= 15 is 0 Å². The van der Waals surface area contributed by atoms with Gasteiger partial charge < -0.3 is 9.64 Å². The van der Waals surface area contributed by atoms with E-state index < -0.39 is 17.8 Å². The molecule has 94 valence electrons. The first-order valence-corrected chi connectivity index (χ1v) is 5.99. The number of carbonyl (C=O) groups excluding carboxylic acids is 3. The van der Waals surface area contributed by atoms with Gasteiger partial charge in [-0.05, 0) is 26.2 Å². The SMILES string of the molecule is CCOC(=O)C1C(=O)CC2(CCC2)N(C)C1=O. The van der Waals surface area contributed by atoms with Crippen molar-refractivity contribution in [1.82, 2.24) is 4.90 Å². The van der Waals surface area contributed by atoms with Crippen molar-refractivity contribution in [2.75, 3.05) is 13.7 Å². The molecule has 17 heavy (non-hydrogen) atoms. The van der Waals surface area contributed by atoms with Crippen LogP contribution in [0.5, 0.6) is 0 Å². The van der Waals surface area contributed by atoms with Crippen molar-refractivity contribution in [3.05, 3.63) is 0 Å². The fourth-order valence-electron chi connectivity index (χ4n) is 2.67. The van der Waals surface area contributed by atoms with E-state index in [4.69, 9.17) is 4.74 Å². The third-order valence-electron chi connectivity index (χ3n) is 3.92. The molecule has 5 heteroatoms. The summed E-state index contributed by atoms with van der Waals surface area (Å²) in [7, 11) is 1.68. The molecule has 1 saturated carbocycles. The maximum absolute atomic E-state index is 12.1. The molecule has 0 aromatic carbocycles. The Balaban J connectivity index is 2.18. The van der Waals surface area contributed by atoms with Crippen LogP contribution in [-0.2, 0) is 19.1 Å². The zero-order chi connectivity index (χ0) is 12.6. The number of hydrogen-bond acceptors (Lipinski definition) is 4. The van der Waals surface area contributed by atoms with E-state index in [1.165, 1.54) is 0 Å². The second kappa shape index (κ2) is 4.13. The number of Topliss-reactive ketones (excluding diaryl/α,β-unsaturated/α-hetero) is 1. The smallest absolute Gasteiger partial charge is 0.326 e. The number of piperidine rings is 1. The molecule has 1 unspecified atom stereocenters. The van der Waals surface area contributed by atoms with Crippen molar-refractivity contribution in [3.63, 3.8) is 0 Å². The molecule has 1 aliphatic heterocycles. The number of nitrogens with zero attached hydrogens (tertiary/aromatic N) is 1. The van der Waals surface area contributed by atoms with Gasteiger partial charge in [-0.15, -0.1) is 0 Å². The highest BCUT2D eigenvalue weighted by Crippen LogP contribution is 2.44. The molecule has 2 aliphatic rings. The van der Waals surface area contributed by atoms with E-state index in [9.17, 15) is 14.4 Å². The Labute approximate surface area is 100 Å². The summed E-state index contributed by atoms with van der Waals surface area (Å²) in [4.78, 5) is 37.2. The molecule has 0 bridgehead atoms. The highest BCUT2D eigenvalue weighted by molar-refractivity contribution is 6.18. The van der Waals surface area contributed by atoms with Crippen LogP contribution in [0, 0.1) is 5.92 Å². The van der Waals surface area contributed by atoms with Crippen molar-refractivity contribution in [3.8, 4) is 0 Å². The summed E-state index contributed by atoms with van der Waals surface area (Å²) in [5.74, 6) is -2.62. The van der Waals surface area contributed by atoms with Crippen LogP contribution in [0.15, 0.2) is 0 Å². The van der Waals surface area contributed by atoms with Gasteiger partial charge in [0, 0.05) is 19.0 Å². The van der Waals surface area contributed by atoms with Crippen LogP contribution in [-0.4, -0.2) is 41.8 Å². The standard InChI is InChI=1S/C12H17NO4/c1-3-17-11(16)9-8(14)7-12(5-4-6-12)13(2)10(9)15/h9H,3-7H2,1-2H3. The molecule has 0 aromatic rings. The fourth-order valence-corrected chi connectivity index (χ4v) is 2.67. The Morgan fingerprint density at radius 1 is 1.47 bits per heavy atom. The quantitative estimate of drug-likeness (QED) is 0.520. The lowest BCUT2D eigenvalue weighted by Gasteiger charge is -2.51. The number of ketones is 1. The minimum Gasteiger partial charge on any atom is -0.465 e. The number of likely N-dealkylation sites (tertiary alicyclic amines) is 1. The van der Waals surface area contributed by atoms with Gasteiger partial charge in [-0.1, -0.05) is 0 Å². The average molecular weight is 239 g/mol. The normalized spacial score (nSPS) is 26.9. The Morgan fingerprint density at radius 3 is 2.59 bits per heavy atom. The average Bonchev–Trinajstić information content (AvgIpc) is 2.21. The lowest BCUT2D eigenvalue weighted by atomic mass is 9.68. The summed E-state index contributed by atoms with van der Waals surface area (Å²) >= 11 is 0. The Kier molecular flexibility index (Phi) is 2.93. The molecular formula is C12H17NO4. The van der Waals surface area contributed by atoms with Crippen molar-refractivity contribution < 1.29 is 19.1 Å². The summed E-state index contributed by atoms with van der Waals surface area (Å²) in [6, 6.07) is 0. The lowest BCUT2D eigenvalue weighted by molar-refractivity contribution is -0.168. The molecule has 2 rings (SSSR count). The van der Waals surface area contributed by atoms with Gasteiger partial charge in [0.15, 0.2) is 11.7 Å². The zero-order valence-corrected chi connectivity index (χ0v) is 10.2. The molecule has 1 amide bonds. The second-order valence-electron chi connectivity index (χ2n) is 4.80. The maximum atomic E-state index is 12.1. The van der Waals surface area contributed by atoms with E-state index in [0.29, 0.717) is 6.42 Å². The molecule has 1 atom stereocenters. The van der Waals surface area contributed by atoms with Gasteiger partial charge in [0.2, 0.25) is 5.91 Å². The van der Waals surface area contributed by atoms with Gasteiger partial charge in [-0.25, -0.2) is 0 Å². The number of esters is 1. The van der Waals surface area contributed by atoms with Gasteiger partial charge in [0.05, 0.1) is 6.61 Å². The predicted molar refractivity (Wildman–Crippen MR) is 59.1 cm³/mol. The van der Waals surface area contributed by atoms with E-state index in [1.54, 1.807) is 18.9 Å². The first kappa shape index (κ1) is 12.1. The number of amides is 1. The highest BCUT2D eigenvalue weighted by Gasteiger charge is 2.54. The minimum atomic E-state index is -1.23. The molecule has 0 radical (unpaired) electrons. The molecule has 0 aromatic heterocycles. The van der Waals surface area contributed by atoms with Gasteiger partial charge in [-0.3, -0.25) is 14.4 Å². The Hall–Kier alpha value is -1.39. The van der Waals surface area contributed by atoms with Crippen LogP contribution in [0.4, 0.5) is 0 Å². The first-order chi connectivity index (χ1) is 8.02. The third-order valence-corrected chi connectivity index (χ3v) is 3.92. The van der Waals surface area contributed by atoms with Crippen LogP contribution in [0.2, 0.25) is 0 Å². The monoisotopic (exact) mass is 239 g/mol. The Morgan fingerprint density at radius 2 is 2.12 bits per heavy atom.